The van der Waals surface area contributed by atoms with E-state index in [1.807, 2.05) is 6.07 Å². The molecule has 4 amide bonds. The van der Waals surface area contributed by atoms with Crippen molar-refractivity contribution in [1.82, 2.24) is 9.80 Å². The Balaban J connectivity index is 2.05. The van der Waals surface area contributed by atoms with E-state index < -0.39 is 40.0 Å². The first-order chi connectivity index (χ1) is 12.2. The fraction of sp³-hybridized carbons (Fsp3) is 0.444. The molecule has 4 aliphatic rings. The van der Waals surface area contributed by atoms with Crippen molar-refractivity contribution in [2.24, 2.45) is 17.3 Å². The van der Waals surface area contributed by atoms with Gasteiger partial charge in [0, 0.05) is 19.8 Å². The lowest BCUT2D eigenvalue weighted by Crippen LogP contribution is -2.82. The van der Waals surface area contributed by atoms with Crippen molar-refractivity contribution in [2.45, 2.75) is 11.9 Å². The number of amides is 4. The molecule has 0 spiro atoms. The number of anilines is 1. The summed E-state index contributed by atoms with van der Waals surface area (Å²) in [6.07, 6.45) is 1.76. The summed E-state index contributed by atoms with van der Waals surface area (Å²) in [6, 6.07) is 8.98. The number of carbonyl (C=O) groups excluding carboxylic acids is 4. The summed E-state index contributed by atoms with van der Waals surface area (Å²) < 4.78 is 0. The minimum atomic E-state index is -1.59. The molecule has 0 aromatic heterocycles. The molecule has 7 nitrogen and oxygen atoms in total. The van der Waals surface area contributed by atoms with E-state index in [0.717, 1.165) is 4.90 Å². The molecule has 0 N–H and O–H groups in total. The Morgan fingerprint density at radius 1 is 0.923 bits per heavy atom. The van der Waals surface area contributed by atoms with Gasteiger partial charge in [0.05, 0.1) is 5.92 Å². The van der Waals surface area contributed by atoms with Crippen molar-refractivity contribution >= 4 is 41.1 Å². The van der Waals surface area contributed by atoms with E-state index in [9.17, 15) is 19.2 Å². The zero-order chi connectivity index (χ0) is 19.0. The van der Waals surface area contributed by atoms with Crippen LogP contribution in [-0.4, -0.2) is 58.8 Å². The van der Waals surface area contributed by atoms with Gasteiger partial charge in [-0.25, -0.2) is 0 Å². The van der Waals surface area contributed by atoms with Crippen LogP contribution in [0.25, 0.3) is 0 Å². The number of hydrogen-bond donors (Lipinski definition) is 0. The van der Waals surface area contributed by atoms with Gasteiger partial charge in [0.15, 0.2) is 4.99 Å². The number of likely N-dealkylation sites (tertiary alicyclic amines) is 1. The molecular weight excluding hydrogens is 354 g/mol. The molecule has 0 aliphatic carbocycles. The summed E-state index contributed by atoms with van der Waals surface area (Å²) in [5.74, 6) is -3.43. The Hall–Kier alpha value is -2.35. The third kappa shape index (κ3) is 1.57. The minimum absolute atomic E-state index is 0.353. The average molecular weight is 373 g/mol. The third-order valence-electron chi connectivity index (χ3n) is 6.07. The molecule has 4 fully saturated rings. The monoisotopic (exact) mass is 373 g/mol. The number of imide groups is 1. The van der Waals surface area contributed by atoms with Crippen LogP contribution in [0.15, 0.2) is 30.3 Å². The predicted molar refractivity (Wildman–Crippen MR) is 95.8 cm³/mol. The fourth-order valence-electron chi connectivity index (χ4n) is 4.73. The molecule has 0 unspecified atom stereocenters. The van der Waals surface area contributed by atoms with Crippen molar-refractivity contribution in [3.63, 3.8) is 0 Å². The smallest absolute Gasteiger partial charge is 0.245 e. The highest BCUT2D eigenvalue weighted by Crippen LogP contribution is 2.62. The third-order valence-corrected chi connectivity index (χ3v) is 7.38. The van der Waals surface area contributed by atoms with Gasteiger partial charge in [-0.2, -0.15) is 0 Å². The molecular formula is C18H19N3O4S. The molecule has 136 valence electrons. The molecule has 4 saturated heterocycles. The first kappa shape index (κ1) is 17.1. The van der Waals surface area contributed by atoms with E-state index in [-0.39, 0.29) is 5.91 Å². The first-order valence-electron chi connectivity index (χ1n) is 8.29. The number of carbonyl (C=O) groups is 4. The highest BCUT2D eigenvalue weighted by molar-refractivity contribution is 8.00. The van der Waals surface area contributed by atoms with Gasteiger partial charge < -0.3 is 4.90 Å². The number of piperidine rings is 2. The van der Waals surface area contributed by atoms with E-state index in [0.29, 0.717) is 5.69 Å². The lowest BCUT2D eigenvalue weighted by molar-refractivity contribution is -0.178. The molecule has 1 aromatic rings. The molecule has 2 bridgehead atoms. The molecule has 8 heteroatoms. The fourth-order valence-corrected chi connectivity index (χ4v) is 5.95. The lowest BCUT2D eigenvalue weighted by atomic mass is 9.61. The van der Waals surface area contributed by atoms with Crippen molar-refractivity contribution in [3.05, 3.63) is 30.3 Å². The zero-order valence-corrected chi connectivity index (χ0v) is 15.7. The number of para-hydroxylation sites is 1. The summed E-state index contributed by atoms with van der Waals surface area (Å²) in [5.41, 5.74) is -0.991. The maximum atomic E-state index is 13.5. The van der Waals surface area contributed by atoms with Gasteiger partial charge in [-0.15, -0.1) is 11.8 Å². The SMILES string of the molecule is CS[C@]12[C@@H]3C(=O)N(C)C(=O)[C@@H]3[C@](C)(C(=O)N1C)C(=O)N2c1ccccc1. The van der Waals surface area contributed by atoms with Crippen LogP contribution in [0, 0.1) is 17.3 Å². The van der Waals surface area contributed by atoms with Crippen molar-refractivity contribution in [3.8, 4) is 0 Å². The van der Waals surface area contributed by atoms with E-state index >= 15 is 0 Å². The van der Waals surface area contributed by atoms with Crippen LogP contribution < -0.4 is 4.90 Å². The lowest BCUT2D eigenvalue weighted by Gasteiger charge is -2.63. The second kappa shape index (κ2) is 5.09. The Labute approximate surface area is 155 Å². The summed E-state index contributed by atoms with van der Waals surface area (Å²) in [5, 5.41) is 0. The average Bonchev–Trinajstić information content (AvgIpc) is 2.88. The van der Waals surface area contributed by atoms with Crippen LogP contribution in [0.2, 0.25) is 0 Å². The Bertz CT molecular complexity index is 859. The molecule has 4 heterocycles. The molecule has 5 rings (SSSR count). The number of hydrogen-bond acceptors (Lipinski definition) is 5. The standard InChI is InChI=1S/C18H19N3O4S/c1-17-11-12(14(23)19(2)13(11)22)18(26-4,20(3)15(17)24)21(16(17)25)10-8-6-5-7-9-10/h5-9,11-12H,1-4H3/t11-,12+,17-,18-/m1/s1. The Kier molecular flexibility index (Phi) is 3.35. The number of thioether (sulfide) groups is 1. The largest absolute Gasteiger partial charge is 0.312 e. The number of benzene rings is 1. The van der Waals surface area contributed by atoms with Gasteiger partial charge in [0.25, 0.3) is 0 Å². The summed E-state index contributed by atoms with van der Waals surface area (Å²) in [6.45, 7) is 1.50. The van der Waals surface area contributed by atoms with Crippen LogP contribution in [0.1, 0.15) is 6.92 Å². The molecule has 4 atom stereocenters. The van der Waals surface area contributed by atoms with Crippen LogP contribution in [-0.2, 0) is 19.2 Å². The van der Waals surface area contributed by atoms with Gasteiger partial charge in [0.2, 0.25) is 23.6 Å². The van der Waals surface area contributed by atoms with Crippen LogP contribution >= 0.6 is 11.8 Å². The zero-order valence-electron chi connectivity index (χ0n) is 14.9. The Morgan fingerprint density at radius 3 is 2.08 bits per heavy atom. The van der Waals surface area contributed by atoms with Gasteiger partial charge in [-0.1, -0.05) is 18.2 Å². The van der Waals surface area contributed by atoms with Gasteiger partial charge in [0.1, 0.15) is 11.3 Å². The van der Waals surface area contributed by atoms with Crippen molar-refractivity contribution in [2.75, 3.05) is 25.3 Å². The molecule has 0 saturated carbocycles. The maximum Gasteiger partial charge on any atom is 0.245 e. The van der Waals surface area contributed by atoms with Gasteiger partial charge in [-0.05, 0) is 25.3 Å². The topological polar surface area (TPSA) is 78.0 Å². The minimum Gasteiger partial charge on any atom is -0.312 e. The van der Waals surface area contributed by atoms with Crippen LogP contribution in [0.5, 0.6) is 0 Å². The van der Waals surface area contributed by atoms with E-state index in [2.05, 4.69) is 0 Å². The molecule has 26 heavy (non-hydrogen) atoms. The first-order valence-corrected chi connectivity index (χ1v) is 9.51. The highest BCUT2D eigenvalue weighted by Gasteiger charge is 2.79. The molecule has 4 aliphatic heterocycles. The number of fused-ring (bicyclic) bond motifs is 2. The quantitative estimate of drug-likeness (QED) is 0.565. The second-order valence-electron chi connectivity index (χ2n) is 7.10. The number of nitrogens with zero attached hydrogens (tertiary/aromatic N) is 3. The summed E-state index contributed by atoms with van der Waals surface area (Å²) in [4.78, 5) is 55.3. The van der Waals surface area contributed by atoms with E-state index in [1.165, 1.54) is 35.5 Å². The van der Waals surface area contributed by atoms with E-state index in [4.69, 9.17) is 0 Å². The second-order valence-corrected chi connectivity index (χ2v) is 8.11. The van der Waals surface area contributed by atoms with Crippen molar-refractivity contribution < 1.29 is 19.2 Å². The van der Waals surface area contributed by atoms with Gasteiger partial charge >= 0.3 is 0 Å². The normalized spacial score (nSPS) is 36.2. The van der Waals surface area contributed by atoms with Crippen LogP contribution in [0.4, 0.5) is 5.69 Å². The predicted octanol–water partition coefficient (Wildman–Crippen LogP) is 0.759. The maximum absolute atomic E-state index is 13.5. The summed E-state index contributed by atoms with van der Waals surface area (Å²) >= 11 is 1.24. The number of rotatable bonds is 2. The molecule has 0 radical (unpaired) electrons. The van der Waals surface area contributed by atoms with Crippen molar-refractivity contribution in [1.29, 1.82) is 0 Å². The van der Waals surface area contributed by atoms with Gasteiger partial charge in [-0.3, -0.25) is 29.0 Å². The molecule has 1 aromatic carbocycles. The summed E-state index contributed by atoms with van der Waals surface area (Å²) in [7, 11) is 3.02. The van der Waals surface area contributed by atoms with E-state index in [1.54, 1.807) is 37.6 Å². The highest BCUT2D eigenvalue weighted by atomic mass is 32.2. The Morgan fingerprint density at radius 2 is 1.50 bits per heavy atom. The van der Waals surface area contributed by atoms with Crippen LogP contribution in [0.3, 0.4) is 0 Å².